The summed E-state index contributed by atoms with van der Waals surface area (Å²) in [6.45, 7) is 4.01. The largest absolute Gasteiger partial charge is 0.312 e. The van der Waals surface area contributed by atoms with Gasteiger partial charge in [0, 0.05) is 36.8 Å². The zero-order valence-corrected chi connectivity index (χ0v) is 17.0. The summed E-state index contributed by atoms with van der Waals surface area (Å²) in [6, 6.07) is 4.05. The molecule has 0 spiro atoms. The molecule has 5 heterocycles. The Morgan fingerprint density at radius 1 is 1.17 bits per heavy atom. The van der Waals surface area contributed by atoms with Gasteiger partial charge in [0.1, 0.15) is 5.69 Å². The lowest BCUT2D eigenvalue weighted by molar-refractivity contribution is 0.445. The fourth-order valence-electron chi connectivity index (χ4n) is 4.46. The summed E-state index contributed by atoms with van der Waals surface area (Å²) < 4.78 is 3.79. The minimum absolute atomic E-state index is 0.0169. The summed E-state index contributed by atoms with van der Waals surface area (Å²) in [6.07, 6.45) is 10.9. The summed E-state index contributed by atoms with van der Waals surface area (Å²) in [4.78, 5) is 26.8. The molecule has 0 N–H and O–H groups in total. The molecule has 0 atom stereocenters. The number of rotatable bonds is 2. The summed E-state index contributed by atoms with van der Waals surface area (Å²) in [7, 11) is 0. The number of hydrogen-bond donors (Lipinski definition) is 0. The Kier molecular flexibility index (Phi) is 4.39. The summed E-state index contributed by atoms with van der Waals surface area (Å²) in [5.41, 5.74) is 4.07. The van der Waals surface area contributed by atoms with E-state index in [0.29, 0.717) is 5.39 Å². The van der Waals surface area contributed by atoms with Crippen LogP contribution in [0.15, 0.2) is 41.7 Å². The molecule has 0 aromatic carbocycles. The van der Waals surface area contributed by atoms with E-state index < -0.39 is 0 Å². The van der Waals surface area contributed by atoms with Crippen molar-refractivity contribution in [2.45, 2.75) is 45.4 Å². The van der Waals surface area contributed by atoms with Crippen LogP contribution < -0.4 is 5.56 Å². The third-order valence-electron chi connectivity index (χ3n) is 6.08. The molecule has 4 aromatic heterocycles. The van der Waals surface area contributed by atoms with Crippen LogP contribution >= 0.6 is 0 Å². The molecule has 0 amide bonds. The maximum Gasteiger partial charge on any atom is 0.268 e. The molecule has 1 aliphatic heterocycles. The number of aromatic nitrogens is 5. The standard InChI is InChI=1S/C22H21BN6O/c1-14-11-28-12-20(27-15(2)21(28)26-14)19-9-16-5-8-29(22(30)18(16)10-25-19)17-3-6-23(13-24)7-4-17/h5,8-12,17H,3-4,6-7H2,1-2H3. The molecule has 1 fully saturated rings. The topological polar surface area (TPSA) is 88.9 Å². The Hall–Kier alpha value is -3.47. The molecule has 5 rings (SSSR count). The average Bonchev–Trinajstić information content (AvgIpc) is 3.15. The van der Waals surface area contributed by atoms with Crippen molar-refractivity contribution in [2.24, 2.45) is 0 Å². The van der Waals surface area contributed by atoms with Crippen molar-refractivity contribution in [1.82, 2.24) is 23.9 Å². The molecule has 4 aromatic rings. The predicted molar refractivity (Wildman–Crippen MR) is 117 cm³/mol. The highest BCUT2D eigenvalue weighted by atomic mass is 16.1. The second-order valence-electron chi connectivity index (χ2n) is 8.14. The Bertz CT molecular complexity index is 1370. The average molecular weight is 396 g/mol. The number of imidazole rings is 1. The van der Waals surface area contributed by atoms with Gasteiger partial charge in [-0.2, -0.15) is 0 Å². The summed E-state index contributed by atoms with van der Waals surface area (Å²) in [5.74, 6) is 2.35. The molecule has 0 radical (unpaired) electrons. The van der Waals surface area contributed by atoms with E-state index in [0.717, 1.165) is 59.3 Å². The molecule has 0 aliphatic carbocycles. The van der Waals surface area contributed by atoms with Crippen LogP contribution in [-0.4, -0.2) is 30.6 Å². The fraction of sp³-hybridized carbons (Fsp3) is 0.318. The van der Waals surface area contributed by atoms with Crippen molar-refractivity contribution in [2.75, 3.05) is 0 Å². The maximum atomic E-state index is 13.1. The predicted octanol–water partition coefficient (Wildman–Crippen LogP) is 3.62. The number of pyridine rings is 2. The van der Waals surface area contributed by atoms with Crippen LogP contribution in [0, 0.1) is 25.1 Å². The normalized spacial score (nSPS) is 15.0. The van der Waals surface area contributed by atoms with E-state index in [2.05, 4.69) is 20.9 Å². The first-order chi connectivity index (χ1) is 14.5. The first-order valence-corrected chi connectivity index (χ1v) is 10.3. The van der Waals surface area contributed by atoms with E-state index in [9.17, 15) is 4.79 Å². The van der Waals surface area contributed by atoms with Crippen molar-refractivity contribution >= 4 is 23.1 Å². The van der Waals surface area contributed by atoms with Crippen molar-refractivity contribution in [3.8, 4) is 17.4 Å². The minimum Gasteiger partial charge on any atom is -0.312 e. The fourth-order valence-corrected chi connectivity index (χ4v) is 4.46. The van der Waals surface area contributed by atoms with Crippen molar-refractivity contribution in [3.05, 3.63) is 58.7 Å². The lowest BCUT2D eigenvalue weighted by Crippen LogP contribution is -2.29. The smallest absolute Gasteiger partial charge is 0.268 e. The molecule has 148 valence electrons. The van der Waals surface area contributed by atoms with E-state index in [4.69, 9.17) is 5.26 Å². The van der Waals surface area contributed by atoms with Crippen molar-refractivity contribution < 1.29 is 0 Å². The highest BCUT2D eigenvalue weighted by Gasteiger charge is 2.26. The molecular weight excluding hydrogens is 375 g/mol. The molecule has 30 heavy (non-hydrogen) atoms. The van der Waals surface area contributed by atoms with Crippen LogP contribution in [0.1, 0.15) is 30.3 Å². The highest BCUT2D eigenvalue weighted by Crippen LogP contribution is 2.29. The van der Waals surface area contributed by atoms with Gasteiger partial charge in [0.15, 0.2) is 5.65 Å². The monoisotopic (exact) mass is 396 g/mol. The Balaban J connectivity index is 1.53. The van der Waals surface area contributed by atoms with Crippen molar-refractivity contribution in [1.29, 1.82) is 5.26 Å². The molecule has 0 saturated carbocycles. The number of aryl methyl sites for hydroxylation is 2. The highest BCUT2D eigenvalue weighted by molar-refractivity contribution is 6.67. The van der Waals surface area contributed by atoms with E-state index >= 15 is 0 Å². The van der Waals surface area contributed by atoms with Gasteiger partial charge in [-0.25, -0.2) is 15.2 Å². The lowest BCUT2D eigenvalue weighted by Gasteiger charge is -2.25. The van der Waals surface area contributed by atoms with Gasteiger partial charge in [-0.05, 0) is 44.2 Å². The third-order valence-corrected chi connectivity index (χ3v) is 6.08. The zero-order valence-electron chi connectivity index (χ0n) is 17.0. The van der Waals surface area contributed by atoms with Gasteiger partial charge in [0.2, 0.25) is 0 Å². The lowest BCUT2D eigenvalue weighted by atomic mass is 9.42. The summed E-state index contributed by atoms with van der Waals surface area (Å²) >= 11 is 0. The van der Waals surface area contributed by atoms with Crippen molar-refractivity contribution in [3.63, 3.8) is 0 Å². The molecule has 0 unspecified atom stereocenters. The molecule has 1 aliphatic rings. The van der Waals surface area contributed by atoms with E-state index in [-0.39, 0.29) is 18.3 Å². The zero-order chi connectivity index (χ0) is 20.8. The first kappa shape index (κ1) is 18.6. The van der Waals surface area contributed by atoms with Crippen LogP contribution in [0.4, 0.5) is 0 Å². The van der Waals surface area contributed by atoms with Gasteiger partial charge in [-0.1, -0.05) is 12.6 Å². The van der Waals surface area contributed by atoms with Gasteiger partial charge in [0.25, 0.3) is 12.3 Å². The van der Waals surface area contributed by atoms with Crippen LogP contribution in [0.3, 0.4) is 0 Å². The molecule has 1 saturated heterocycles. The van der Waals surface area contributed by atoms with Gasteiger partial charge in [-0.15, -0.1) is 0 Å². The third kappa shape index (κ3) is 3.07. The Labute approximate surface area is 174 Å². The number of hydrogen-bond acceptors (Lipinski definition) is 5. The van der Waals surface area contributed by atoms with Gasteiger partial charge in [0.05, 0.1) is 22.5 Å². The van der Waals surface area contributed by atoms with Crippen LogP contribution in [0.2, 0.25) is 12.6 Å². The van der Waals surface area contributed by atoms with Gasteiger partial charge >= 0.3 is 0 Å². The quantitative estimate of drug-likeness (QED) is 0.483. The van der Waals surface area contributed by atoms with Crippen LogP contribution in [0.25, 0.3) is 27.8 Å². The van der Waals surface area contributed by atoms with Crippen LogP contribution in [-0.2, 0) is 0 Å². The Morgan fingerprint density at radius 3 is 2.73 bits per heavy atom. The minimum atomic E-state index is -0.0169. The number of nitriles is 1. The van der Waals surface area contributed by atoms with Crippen LogP contribution in [0.5, 0.6) is 0 Å². The van der Waals surface area contributed by atoms with E-state index in [1.54, 1.807) is 6.20 Å². The molecule has 8 heteroatoms. The Morgan fingerprint density at radius 2 is 1.97 bits per heavy atom. The molecule has 7 nitrogen and oxygen atoms in total. The number of fused-ring (bicyclic) bond motifs is 2. The molecule has 0 bridgehead atoms. The number of nitrogens with zero attached hydrogens (tertiary/aromatic N) is 6. The first-order valence-electron chi connectivity index (χ1n) is 10.3. The van der Waals surface area contributed by atoms with E-state index in [1.165, 1.54) is 0 Å². The van der Waals surface area contributed by atoms with Gasteiger partial charge < -0.3 is 8.97 Å². The molecular formula is C22H21BN6O. The van der Waals surface area contributed by atoms with Gasteiger partial charge in [-0.3, -0.25) is 9.78 Å². The second-order valence-corrected chi connectivity index (χ2v) is 8.14. The van der Waals surface area contributed by atoms with E-state index in [1.807, 2.05) is 53.5 Å². The summed E-state index contributed by atoms with van der Waals surface area (Å²) in [5, 5.41) is 10.6. The second kappa shape index (κ2) is 7.10. The SMILES string of the molecule is Cc1cn2cc(-c3cc4ccn(C5CCB(C#N)CC5)c(=O)c4cn3)nc(C)c2n1. The maximum absolute atomic E-state index is 13.1.